The zero-order chi connectivity index (χ0) is 13.0. The Balaban J connectivity index is 2.48. The third-order valence-corrected chi connectivity index (χ3v) is 2.92. The van der Waals surface area contributed by atoms with Gasteiger partial charge in [-0.3, -0.25) is 0 Å². The molecule has 1 aromatic carbocycles. The summed E-state index contributed by atoms with van der Waals surface area (Å²) in [5, 5.41) is 3.89. The second kappa shape index (κ2) is 5.85. The van der Waals surface area contributed by atoms with Gasteiger partial charge in [0.1, 0.15) is 0 Å². The lowest BCUT2D eigenvalue weighted by atomic mass is 10.0. The molecule has 94 valence electrons. The van der Waals surface area contributed by atoms with E-state index in [2.05, 4.69) is 10.3 Å². The van der Waals surface area contributed by atoms with Crippen molar-refractivity contribution in [2.75, 3.05) is 14.2 Å². The molecular formula is C14H15ClN2O. The molecule has 0 atom stereocenters. The lowest BCUT2D eigenvalue weighted by Gasteiger charge is -2.10. The van der Waals surface area contributed by atoms with E-state index in [-0.39, 0.29) is 0 Å². The van der Waals surface area contributed by atoms with Crippen LogP contribution in [0.3, 0.4) is 0 Å². The third kappa shape index (κ3) is 2.81. The fourth-order valence-corrected chi connectivity index (χ4v) is 2.06. The molecule has 0 unspecified atom stereocenters. The molecule has 2 aromatic rings. The van der Waals surface area contributed by atoms with E-state index >= 15 is 0 Å². The molecule has 1 aromatic heterocycles. The van der Waals surface area contributed by atoms with Gasteiger partial charge in [-0.15, -0.1) is 0 Å². The van der Waals surface area contributed by atoms with Gasteiger partial charge in [0, 0.05) is 23.8 Å². The highest BCUT2D eigenvalue weighted by atomic mass is 35.5. The molecule has 0 bridgehead atoms. The highest BCUT2D eigenvalue weighted by Crippen LogP contribution is 2.28. The third-order valence-electron chi connectivity index (χ3n) is 2.69. The van der Waals surface area contributed by atoms with E-state index in [0.29, 0.717) is 5.88 Å². The topological polar surface area (TPSA) is 34.2 Å². The van der Waals surface area contributed by atoms with Gasteiger partial charge in [-0.1, -0.05) is 17.7 Å². The van der Waals surface area contributed by atoms with Crippen molar-refractivity contribution >= 4 is 11.6 Å². The average Bonchev–Trinajstić information content (AvgIpc) is 2.39. The number of rotatable bonds is 4. The van der Waals surface area contributed by atoms with Crippen molar-refractivity contribution in [1.82, 2.24) is 10.3 Å². The molecular weight excluding hydrogens is 248 g/mol. The quantitative estimate of drug-likeness (QED) is 0.919. The van der Waals surface area contributed by atoms with Crippen LogP contribution in [0.15, 0.2) is 36.5 Å². The lowest BCUT2D eigenvalue weighted by Crippen LogP contribution is -2.06. The maximum atomic E-state index is 6.03. The number of benzene rings is 1. The standard InChI is InChI=1S/C14H15ClN2O/c1-16-9-11-7-12(15)3-4-13(11)10-5-6-17-14(8-10)18-2/h3-8,16H,9H2,1-2H3. The Hall–Kier alpha value is -1.58. The first-order chi connectivity index (χ1) is 8.74. The Kier molecular flexibility index (Phi) is 4.18. The van der Waals surface area contributed by atoms with Gasteiger partial charge in [-0.2, -0.15) is 0 Å². The van der Waals surface area contributed by atoms with Crippen LogP contribution in [0.4, 0.5) is 0 Å². The smallest absolute Gasteiger partial charge is 0.213 e. The molecule has 18 heavy (non-hydrogen) atoms. The zero-order valence-corrected chi connectivity index (χ0v) is 11.2. The van der Waals surface area contributed by atoms with Crippen molar-refractivity contribution in [3.63, 3.8) is 0 Å². The molecule has 0 aliphatic carbocycles. The van der Waals surface area contributed by atoms with Crippen LogP contribution in [0.5, 0.6) is 5.88 Å². The Morgan fingerprint density at radius 3 is 2.83 bits per heavy atom. The van der Waals surface area contributed by atoms with E-state index in [0.717, 1.165) is 28.3 Å². The number of halogens is 1. The van der Waals surface area contributed by atoms with Crippen molar-refractivity contribution in [3.8, 4) is 17.0 Å². The molecule has 1 N–H and O–H groups in total. The summed E-state index contributed by atoms with van der Waals surface area (Å²) in [6.45, 7) is 0.764. The lowest BCUT2D eigenvalue weighted by molar-refractivity contribution is 0.398. The fourth-order valence-electron chi connectivity index (χ4n) is 1.87. The number of pyridine rings is 1. The highest BCUT2D eigenvalue weighted by Gasteiger charge is 2.07. The molecule has 0 fully saturated rings. The minimum atomic E-state index is 0.609. The van der Waals surface area contributed by atoms with Gasteiger partial charge in [0.15, 0.2) is 0 Å². The summed E-state index contributed by atoms with van der Waals surface area (Å²) in [7, 11) is 3.53. The average molecular weight is 263 g/mol. The number of ether oxygens (including phenoxy) is 1. The first kappa shape index (κ1) is 12.9. The number of aromatic nitrogens is 1. The van der Waals surface area contributed by atoms with Gasteiger partial charge >= 0.3 is 0 Å². The Labute approximate surface area is 112 Å². The Morgan fingerprint density at radius 1 is 1.28 bits per heavy atom. The first-order valence-corrected chi connectivity index (χ1v) is 6.06. The maximum Gasteiger partial charge on any atom is 0.213 e. The summed E-state index contributed by atoms with van der Waals surface area (Å²) < 4.78 is 5.15. The second-order valence-corrected chi connectivity index (χ2v) is 4.36. The molecule has 0 spiro atoms. The van der Waals surface area contributed by atoms with Crippen molar-refractivity contribution in [3.05, 3.63) is 47.1 Å². The predicted molar refractivity (Wildman–Crippen MR) is 74.0 cm³/mol. The number of nitrogens with zero attached hydrogens (tertiary/aromatic N) is 1. The summed E-state index contributed by atoms with van der Waals surface area (Å²) in [6.07, 6.45) is 1.74. The minimum Gasteiger partial charge on any atom is -0.481 e. The molecule has 2 rings (SSSR count). The van der Waals surface area contributed by atoms with Gasteiger partial charge in [-0.25, -0.2) is 4.98 Å². The van der Waals surface area contributed by atoms with Crippen LogP contribution in [0.25, 0.3) is 11.1 Å². The Morgan fingerprint density at radius 2 is 2.11 bits per heavy atom. The van der Waals surface area contributed by atoms with Gasteiger partial charge < -0.3 is 10.1 Å². The minimum absolute atomic E-state index is 0.609. The maximum absolute atomic E-state index is 6.03. The fraction of sp³-hybridized carbons (Fsp3) is 0.214. The number of hydrogen-bond acceptors (Lipinski definition) is 3. The SMILES string of the molecule is CNCc1cc(Cl)ccc1-c1ccnc(OC)c1. The number of methoxy groups -OCH3 is 1. The van der Waals surface area contributed by atoms with Gasteiger partial charge in [-0.05, 0) is 41.9 Å². The van der Waals surface area contributed by atoms with Gasteiger partial charge in [0.2, 0.25) is 5.88 Å². The van der Waals surface area contributed by atoms with E-state index in [4.69, 9.17) is 16.3 Å². The van der Waals surface area contributed by atoms with E-state index in [1.807, 2.05) is 37.4 Å². The molecule has 4 heteroatoms. The Bertz CT molecular complexity index is 543. The molecule has 1 heterocycles. The normalized spacial score (nSPS) is 10.4. The second-order valence-electron chi connectivity index (χ2n) is 3.92. The summed E-state index contributed by atoms with van der Waals surface area (Å²) in [5.41, 5.74) is 3.36. The van der Waals surface area contributed by atoms with Crippen molar-refractivity contribution < 1.29 is 4.74 Å². The summed E-state index contributed by atoms with van der Waals surface area (Å²) >= 11 is 6.03. The molecule has 0 saturated carbocycles. The van der Waals surface area contributed by atoms with Gasteiger partial charge in [0.05, 0.1) is 7.11 Å². The van der Waals surface area contributed by atoms with E-state index in [1.165, 1.54) is 0 Å². The van der Waals surface area contributed by atoms with Crippen LogP contribution in [-0.4, -0.2) is 19.1 Å². The van der Waals surface area contributed by atoms with Crippen LogP contribution in [-0.2, 0) is 6.54 Å². The van der Waals surface area contributed by atoms with Crippen LogP contribution < -0.4 is 10.1 Å². The van der Waals surface area contributed by atoms with Gasteiger partial charge in [0.25, 0.3) is 0 Å². The largest absolute Gasteiger partial charge is 0.481 e. The number of hydrogen-bond donors (Lipinski definition) is 1. The molecule has 0 radical (unpaired) electrons. The van der Waals surface area contributed by atoms with E-state index in [9.17, 15) is 0 Å². The van der Waals surface area contributed by atoms with Crippen LogP contribution in [0, 0.1) is 0 Å². The van der Waals surface area contributed by atoms with Crippen LogP contribution in [0.2, 0.25) is 5.02 Å². The summed E-state index contributed by atoms with van der Waals surface area (Å²) in [6, 6.07) is 9.76. The molecule has 0 amide bonds. The van der Waals surface area contributed by atoms with Crippen molar-refractivity contribution in [1.29, 1.82) is 0 Å². The first-order valence-electron chi connectivity index (χ1n) is 5.68. The zero-order valence-electron chi connectivity index (χ0n) is 10.4. The van der Waals surface area contributed by atoms with Crippen LogP contribution >= 0.6 is 11.6 Å². The van der Waals surface area contributed by atoms with Crippen LogP contribution in [0.1, 0.15) is 5.56 Å². The molecule has 0 saturated heterocycles. The monoisotopic (exact) mass is 262 g/mol. The predicted octanol–water partition coefficient (Wildman–Crippen LogP) is 3.13. The molecule has 3 nitrogen and oxygen atoms in total. The molecule has 0 aliphatic heterocycles. The van der Waals surface area contributed by atoms with Crippen molar-refractivity contribution in [2.24, 2.45) is 0 Å². The highest BCUT2D eigenvalue weighted by molar-refractivity contribution is 6.30. The molecule has 0 aliphatic rings. The summed E-state index contributed by atoms with van der Waals surface area (Å²) in [4.78, 5) is 4.11. The number of nitrogens with one attached hydrogen (secondary N) is 1. The van der Waals surface area contributed by atoms with Crippen molar-refractivity contribution in [2.45, 2.75) is 6.54 Å². The summed E-state index contributed by atoms with van der Waals surface area (Å²) in [5.74, 6) is 0.609. The van der Waals surface area contributed by atoms with E-state index < -0.39 is 0 Å². The van der Waals surface area contributed by atoms with E-state index in [1.54, 1.807) is 13.3 Å².